The highest BCUT2D eigenvalue weighted by Crippen LogP contribution is 2.38. The molecular weight excluding hydrogens is 444 g/mol. The number of amidine groups is 1. The number of anilines is 2. The zero-order valence-corrected chi connectivity index (χ0v) is 19.3. The molecule has 1 atom stereocenters. The van der Waals surface area contributed by atoms with Crippen LogP contribution in [0.3, 0.4) is 0 Å². The Morgan fingerprint density at radius 2 is 2.00 bits per heavy atom. The largest absolute Gasteiger partial charge is 0.383 e. The molecule has 4 rings (SSSR count). The zero-order chi connectivity index (χ0) is 23.7. The van der Waals surface area contributed by atoms with E-state index in [0.29, 0.717) is 11.5 Å². The third-order valence-corrected chi connectivity index (χ3v) is 7.38. The number of hydrazine groups is 1. The summed E-state index contributed by atoms with van der Waals surface area (Å²) < 4.78 is 28.7. The molecule has 3 aromatic rings. The molecule has 1 saturated heterocycles. The summed E-state index contributed by atoms with van der Waals surface area (Å²) in [6, 6.07) is 6.68. The number of nitrogens with two attached hydrogens (primary N) is 3. The van der Waals surface area contributed by atoms with Gasteiger partial charge in [-0.15, -0.1) is 11.3 Å². The summed E-state index contributed by atoms with van der Waals surface area (Å²) >= 11 is 1.72. The van der Waals surface area contributed by atoms with E-state index in [-0.39, 0.29) is 22.9 Å². The molecule has 0 spiro atoms. The summed E-state index contributed by atoms with van der Waals surface area (Å²) in [5, 5.41) is 8.07. The Morgan fingerprint density at radius 1 is 1.21 bits per heavy atom. The maximum atomic E-state index is 14.6. The van der Waals surface area contributed by atoms with Gasteiger partial charge in [0, 0.05) is 34.0 Å². The number of piperidine rings is 1. The van der Waals surface area contributed by atoms with Gasteiger partial charge in [0.15, 0.2) is 17.5 Å². The molecule has 1 aromatic carbocycles. The van der Waals surface area contributed by atoms with Gasteiger partial charge < -0.3 is 16.9 Å². The number of nitrogen functional groups attached to an aromatic ring is 1. The van der Waals surface area contributed by atoms with Crippen LogP contribution in [0.25, 0.3) is 10.4 Å². The first kappa shape index (κ1) is 23.1. The van der Waals surface area contributed by atoms with Gasteiger partial charge in [-0.1, -0.05) is 6.07 Å². The van der Waals surface area contributed by atoms with Crippen LogP contribution in [0, 0.1) is 25.5 Å². The summed E-state index contributed by atoms with van der Waals surface area (Å²) in [5.74, 6) is 10.2. The normalized spacial score (nSPS) is 16.8. The predicted octanol–water partition coefficient (Wildman–Crippen LogP) is 3.75. The van der Waals surface area contributed by atoms with Crippen molar-refractivity contribution in [3.63, 3.8) is 0 Å². The molecule has 1 unspecified atom stereocenters. The Labute approximate surface area is 195 Å². The quantitative estimate of drug-likeness (QED) is 0.199. The van der Waals surface area contributed by atoms with Crippen molar-refractivity contribution >= 4 is 28.7 Å². The highest BCUT2D eigenvalue weighted by Gasteiger charge is 2.24. The van der Waals surface area contributed by atoms with E-state index >= 15 is 0 Å². The maximum Gasteiger partial charge on any atom is 0.184 e. The lowest BCUT2D eigenvalue weighted by atomic mass is 9.96. The van der Waals surface area contributed by atoms with Crippen LogP contribution < -0.4 is 27.7 Å². The number of hydrogen-bond acceptors (Lipinski definition) is 7. The van der Waals surface area contributed by atoms with Crippen molar-refractivity contribution in [2.45, 2.75) is 32.6 Å². The van der Waals surface area contributed by atoms with Crippen molar-refractivity contribution in [2.75, 3.05) is 23.8 Å². The summed E-state index contributed by atoms with van der Waals surface area (Å²) in [6.07, 6.45) is 3.99. The predicted molar refractivity (Wildman–Crippen MR) is 130 cm³/mol. The van der Waals surface area contributed by atoms with E-state index in [1.807, 2.05) is 0 Å². The highest BCUT2D eigenvalue weighted by atomic mass is 32.1. The smallest absolute Gasteiger partial charge is 0.184 e. The Bertz CT molecular complexity index is 1200. The van der Waals surface area contributed by atoms with E-state index in [9.17, 15) is 8.78 Å². The van der Waals surface area contributed by atoms with Crippen molar-refractivity contribution < 1.29 is 8.78 Å². The molecule has 10 heteroatoms. The second-order valence-electron chi connectivity index (χ2n) is 8.21. The average molecular weight is 472 g/mol. The van der Waals surface area contributed by atoms with Crippen molar-refractivity contribution in [3.8, 4) is 10.4 Å². The number of hydrogen-bond donors (Lipinski definition) is 4. The maximum absolute atomic E-state index is 14.6. The molecule has 7 nitrogen and oxygen atoms in total. The fourth-order valence-corrected chi connectivity index (χ4v) is 5.40. The third kappa shape index (κ3) is 4.41. The van der Waals surface area contributed by atoms with E-state index < -0.39 is 11.6 Å². The van der Waals surface area contributed by atoms with E-state index in [2.05, 4.69) is 28.4 Å². The number of aromatic nitrogens is 1. The summed E-state index contributed by atoms with van der Waals surface area (Å²) in [7, 11) is 0. The van der Waals surface area contributed by atoms with E-state index in [1.165, 1.54) is 29.5 Å². The number of hydrazone groups is 1. The summed E-state index contributed by atoms with van der Waals surface area (Å²) in [6.45, 7) is 5.60. The van der Waals surface area contributed by atoms with Crippen LogP contribution >= 0.6 is 11.3 Å². The summed E-state index contributed by atoms with van der Waals surface area (Å²) in [4.78, 5) is 6.66. The van der Waals surface area contributed by atoms with Crippen LogP contribution in [0.15, 0.2) is 35.6 Å². The molecule has 1 aliphatic rings. The lowest BCUT2D eigenvalue weighted by Crippen LogP contribution is -2.40. The van der Waals surface area contributed by atoms with Crippen molar-refractivity contribution in [1.82, 2.24) is 10.3 Å². The number of halogens is 2. The molecule has 0 bridgehead atoms. The van der Waals surface area contributed by atoms with E-state index in [0.717, 1.165) is 41.4 Å². The Morgan fingerprint density at radius 3 is 2.70 bits per heavy atom. The Hall–Kier alpha value is -3.08. The number of nitrogens with one attached hydrogen (secondary N) is 1. The average Bonchev–Trinajstić information content (AvgIpc) is 3.21. The van der Waals surface area contributed by atoms with Crippen LogP contribution in [-0.2, 0) is 0 Å². The number of rotatable bonds is 4. The van der Waals surface area contributed by atoms with Gasteiger partial charge in [0.05, 0.1) is 11.3 Å². The molecule has 0 amide bonds. The minimum atomic E-state index is -1.10. The molecule has 3 heterocycles. The second-order valence-corrected chi connectivity index (χ2v) is 9.29. The molecule has 0 radical (unpaired) electrons. The van der Waals surface area contributed by atoms with Gasteiger partial charge in [0.2, 0.25) is 0 Å². The standard InChI is InChI=1S/C23H27F2N7S/c1-12-5-6-17(20(25)19(12)24)32(28)23(31-27)16-9-15(11-30-22(16)26)18-8-13(2)21(33-18)14-4-3-7-29-10-14/h5-6,8-9,11,14,29H,3-4,7,10,27-28H2,1-2H3,(H2,26,30)/b31-23-. The number of pyridine rings is 1. The van der Waals surface area contributed by atoms with Crippen LogP contribution in [-0.4, -0.2) is 23.9 Å². The number of thiophene rings is 1. The van der Waals surface area contributed by atoms with Gasteiger partial charge in [0.1, 0.15) is 5.82 Å². The number of aryl methyl sites for hydroxylation is 2. The molecule has 0 aliphatic carbocycles. The van der Waals surface area contributed by atoms with Crippen LogP contribution in [0.4, 0.5) is 20.3 Å². The van der Waals surface area contributed by atoms with Gasteiger partial charge in [-0.25, -0.2) is 19.6 Å². The third-order valence-electron chi connectivity index (χ3n) is 5.93. The second kappa shape index (κ2) is 9.42. The fourth-order valence-electron chi connectivity index (χ4n) is 4.11. The number of nitrogens with zero attached hydrogens (tertiary/aromatic N) is 3. The first-order chi connectivity index (χ1) is 15.8. The molecule has 1 aliphatic heterocycles. The highest BCUT2D eigenvalue weighted by molar-refractivity contribution is 7.15. The Balaban J connectivity index is 1.70. The lowest BCUT2D eigenvalue weighted by molar-refractivity contribution is 0.465. The van der Waals surface area contributed by atoms with Gasteiger partial charge in [0.25, 0.3) is 0 Å². The minimum Gasteiger partial charge on any atom is -0.383 e. The molecule has 2 aromatic heterocycles. The van der Waals surface area contributed by atoms with Crippen LogP contribution in [0.5, 0.6) is 0 Å². The molecule has 1 fully saturated rings. The van der Waals surface area contributed by atoms with Gasteiger partial charge in [-0.3, -0.25) is 5.01 Å². The molecule has 0 saturated carbocycles. The van der Waals surface area contributed by atoms with Crippen molar-refractivity contribution in [3.05, 3.63) is 63.7 Å². The molecule has 7 N–H and O–H groups in total. The first-order valence-electron chi connectivity index (χ1n) is 10.7. The first-order valence-corrected chi connectivity index (χ1v) is 11.5. The fraction of sp³-hybridized carbons (Fsp3) is 0.304. The van der Waals surface area contributed by atoms with Crippen molar-refractivity contribution in [2.24, 2.45) is 16.8 Å². The van der Waals surface area contributed by atoms with Gasteiger partial charge >= 0.3 is 0 Å². The zero-order valence-electron chi connectivity index (χ0n) is 18.5. The van der Waals surface area contributed by atoms with Crippen LogP contribution in [0.1, 0.15) is 40.3 Å². The van der Waals surface area contributed by atoms with Gasteiger partial charge in [-0.2, -0.15) is 5.10 Å². The van der Waals surface area contributed by atoms with Gasteiger partial charge in [-0.05, 0) is 62.6 Å². The molecule has 174 valence electrons. The lowest BCUT2D eigenvalue weighted by Gasteiger charge is -2.22. The topological polar surface area (TPSA) is 119 Å². The minimum absolute atomic E-state index is 0.0333. The number of benzene rings is 1. The summed E-state index contributed by atoms with van der Waals surface area (Å²) in [5.41, 5.74) is 8.41. The monoisotopic (exact) mass is 471 g/mol. The van der Waals surface area contributed by atoms with E-state index in [1.54, 1.807) is 23.6 Å². The van der Waals surface area contributed by atoms with E-state index in [4.69, 9.17) is 17.4 Å². The van der Waals surface area contributed by atoms with Crippen molar-refractivity contribution in [1.29, 1.82) is 0 Å². The van der Waals surface area contributed by atoms with Crippen LogP contribution in [0.2, 0.25) is 0 Å². The SMILES string of the molecule is Cc1cc(-c2cnc(N)c(/C(=N/N)N(N)c3ccc(C)c(F)c3F)c2)sc1C1CCCNC1. The molecule has 33 heavy (non-hydrogen) atoms. The Kier molecular flexibility index (Phi) is 6.59. The molecular formula is C23H27F2N7S.